The van der Waals surface area contributed by atoms with Gasteiger partial charge in [-0.2, -0.15) is 5.10 Å². The predicted molar refractivity (Wildman–Crippen MR) is 71.7 cm³/mol. The van der Waals surface area contributed by atoms with Crippen LogP contribution in [0.15, 0.2) is 12.4 Å². The molecule has 1 aromatic rings. The van der Waals surface area contributed by atoms with E-state index < -0.39 is 0 Å². The molecule has 0 aromatic carbocycles. The van der Waals surface area contributed by atoms with Crippen LogP contribution in [0.4, 0.5) is 0 Å². The van der Waals surface area contributed by atoms with Crippen LogP contribution in [0.2, 0.25) is 0 Å². The largest absolute Gasteiger partial charge is 0.327 e. The quantitative estimate of drug-likeness (QED) is 0.822. The van der Waals surface area contributed by atoms with Crippen LogP contribution in [0, 0.1) is 5.92 Å². The van der Waals surface area contributed by atoms with Gasteiger partial charge >= 0.3 is 0 Å². The van der Waals surface area contributed by atoms with E-state index in [1.807, 2.05) is 17.9 Å². The Morgan fingerprint density at radius 2 is 2.06 bits per heavy atom. The van der Waals surface area contributed by atoms with E-state index in [1.54, 1.807) is 0 Å². The van der Waals surface area contributed by atoms with Gasteiger partial charge in [0.25, 0.3) is 0 Å². The fraction of sp³-hybridized carbons (Fsp3) is 0.769. The molecule has 0 spiro atoms. The molecule has 2 N–H and O–H groups in total. The number of nitrogens with zero attached hydrogens (tertiary/aromatic N) is 3. The van der Waals surface area contributed by atoms with E-state index in [2.05, 4.69) is 44.0 Å². The Bertz CT molecular complexity index is 332. The first-order valence-electron chi connectivity index (χ1n) is 6.36. The van der Waals surface area contributed by atoms with Gasteiger partial charge in [-0.05, 0) is 32.9 Å². The summed E-state index contributed by atoms with van der Waals surface area (Å²) in [6.45, 7) is 7.58. The van der Waals surface area contributed by atoms with Gasteiger partial charge in [-0.25, -0.2) is 0 Å². The van der Waals surface area contributed by atoms with Crippen LogP contribution in [0.25, 0.3) is 0 Å². The molecule has 0 bridgehead atoms. The van der Waals surface area contributed by atoms with Crippen LogP contribution < -0.4 is 5.73 Å². The molecule has 2 unspecified atom stereocenters. The first kappa shape index (κ1) is 14.2. The van der Waals surface area contributed by atoms with Crippen molar-refractivity contribution in [2.45, 2.75) is 39.3 Å². The van der Waals surface area contributed by atoms with Crippen molar-refractivity contribution in [3.8, 4) is 0 Å². The Morgan fingerprint density at radius 3 is 2.53 bits per heavy atom. The van der Waals surface area contributed by atoms with Crippen LogP contribution in [-0.2, 0) is 7.05 Å². The van der Waals surface area contributed by atoms with Gasteiger partial charge < -0.3 is 5.73 Å². The highest BCUT2D eigenvalue weighted by molar-refractivity contribution is 5.09. The molecule has 4 heteroatoms. The standard InChI is InChI=1S/C13H26N4/c1-10(2)13(14)6-7-16(4)11(3)12-8-15-17(5)9-12/h8-11,13H,6-7,14H2,1-5H3. The molecule has 0 amide bonds. The van der Waals surface area contributed by atoms with Gasteiger partial charge in [0, 0.05) is 30.9 Å². The summed E-state index contributed by atoms with van der Waals surface area (Å²) in [5, 5.41) is 4.21. The lowest BCUT2D eigenvalue weighted by molar-refractivity contribution is 0.243. The van der Waals surface area contributed by atoms with Crippen LogP contribution in [0.1, 0.15) is 38.8 Å². The third kappa shape index (κ3) is 4.13. The molecule has 1 heterocycles. The van der Waals surface area contributed by atoms with Crippen molar-refractivity contribution < 1.29 is 0 Å². The van der Waals surface area contributed by atoms with Gasteiger partial charge in [-0.1, -0.05) is 13.8 Å². The first-order valence-corrected chi connectivity index (χ1v) is 6.36. The fourth-order valence-corrected chi connectivity index (χ4v) is 1.79. The van der Waals surface area contributed by atoms with Crippen molar-refractivity contribution in [2.24, 2.45) is 18.7 Å². The van der Waals surface area contributed by atoms with E-state index in [0.29, 0.717) is 18.0 Å². The second-order valence-corrected chi connectivity index (χ2v) is 5.30. The fourth-order valence-electron chi connectivity index (χ4n) is 1.79. The number of aromatic nitrogens is 2. The van der Waals surface area contributed by atoms with Gasteiger partial charge in [0.15, 0.2) is 0 Å². The Morgan fingerprint density at radius 1 is 1.41 bits per heavy atom. The summed E-state index contributed by atoms with van der Waals surface area (Å²) in [6.07, 6.45) is 5.05. The second-order valence-electron chi connectivity index (χ2n) is 5.30. The zero-order valence-corrected chi connectivity index (χ0v) is 11.7. The topological polar surface area (TPSA) is 47.1 Å². The molecule has 17 heavy (non-hydrogen) atoms. The second kappa shape index (κ2) is 6.17. The zero-order valence-electron chi connectivity index (χ0n) is 11.7. The van der Waals surface area contributed by atoms with Crippen molar-refractivity contribution in [2.75, 3.05) is 13.6 Å². The maximum Gasteiger partial charge on any atom is 0.0537 e. The van der Waals surface area contributed by atoms with Crippen molar-refractivity contribution in [1.29, 1.82) is 0 Å². The Hall–Kier alpha value is -0.870. The number of hydrogen-bond acceptors (Lipinski definition) is 3. The molecule has 1 rings (SSSR count). The third-order valence-corrected chi connectivity index (χ3v) is 3.54. The minimum atomic E-state index is 0.290. The third-order valence-electron chi connectivity index (χ3n) is 3.54. The summed E-state index contributed by atoms with van der Waals surface area (Å²) < 4.78 is 1.85. The lowest BCUT2D eigenvalue weighted by Gasteiger charge is -2.26. The van der Waals surface area contributed by atoms with E-state index in [-0.39, 0.29) is 0 Å². The summed E-state index contributed by atoms with van der Waals surface area (Å²) in [5.41, 5.74) is 7.32. The smallest absolute Gasteiger partial charge is 0.0537 e. The lowest BCUT2D eigenvalue weighted by atomic mass is 10.0. The summed E-state index contributed by atoms with van der Waals surface area (Å²) in [7, 11) is 4.09. The van der Waals surface area contributed by atoms with E-state index in [0.717, 1.165) is 13.0 Å². The van der Waals surface area contributed by atoms with Crippen molar-refractivity contribution in [1.82, 2.24) is 14.7 Å². The SMILES string of the molecule is CC(C)C(N)CCN(C)C(C)c1cnn(C)c1. The average Bonchev–Trinajstić information content (AvgIpc) is 2.70. The average molecular weight is 238 g/mol. The predicted octanol–water partition coefficient (Wildman–Crippen LogP) is 1.79. The number of rotatable bonds is 6. The minimum absolute atomic E-state index is 0.290. The molecule has 2 atom stereocenters. The summed E-state index contributed by atoms with van der Waals surface area (Å²) in [5.74, 6) is 0.553. The summed E-state index contributed by atoms with van der Waals surface area (Å²) >= 11 is 0. The van der Waals surface area contributed by atoms with Crippen molar-refractivity contribution in [3.63, 3.8) is 0 Å². The molecule has 0 aliphatic rings. The van der Waals surface area contributed by atoms with Crippen molar-refractivity contribution >= 4 is 0 Å². The van der Waals surface area contributed by atoms with Crippen LogP contribution >= 0.6 is 0 Å². The monoisotopic (exact) mass is 238 g/mol. The minimum Gasteiger partial charge on any atom is -0.327 e. The molecule has 98 valence electrons. The maximum absolute atomic E-state index is 6.06. The van der Waals surface area contributed by atoms with Gasteiger partial charge in [0.1, 0.15) is 0 Å². The summed E-state index contributed by atoms with van der Waals surface area (Å²) in [6, 6.07) is 0.682. The zero-order chi connectivity index (χ0) is 13.0. The van der Waals surface area contributed by atoms with Crippen molar-refractivity contribution in [3.05, 3.63) is 18.0 Å². The molecule has 1 aromatic heterocycles. The molecule has 0 saturated heterocycles. The van der Waals surface area contributed by atoms with Gasteiger partial charge in [0.2, 0.25) is 0 Å². The molecule has 0 fully saturated rings. The highest BCUT2D eigenvalue weighted by Gasteiger charge is 2.15. The van der Waals surface area contributed by atoms with Gasteiger partial charge in [0.05, 0.1) is 6.20 Å². The van der Waals surface area contributed by atoms with Gasteiger partial charge in [-0.15, -0.1) is 0 Å². The lowest BCUT2D eigenvalue weighted by Crippen LogP contribution is -2.32. The first-order chi connectivity index (χ1) is 7.91. The molecule has 0 radical (unpaired) electrons. The van der Waals surface area contributed by atoms with Gasteiger partial charge in [-0.3, -0.25) is 9.58 Å². The Balaban J connectivity index is 2.45. The molecule has 0 saturated carbocycles. The van der Waals surface area contributed by atoms with Crippen LogP contribution in [0.3, 0.4) is 0 Å². The van der Waals surface area contributed by atoms with E-state index in [4.69, 9.17) is 5.73 Å². The molecule has 0 aliphatic carbocycles. The Kier molecular flexibility index (Phi) is 5.15. The molecular weight excluding hydrogens is 212 g/mol. The molecule has 0 aliphatic heterocycles. The van der Waals surface area contributed by atoms with E-state index >= 15 is 0 Å². The van der Waals surface area contributed by atoms with E-state index in [1.165, 1.54) is 5.56 Å². The summed E-state index contributed by atoms with van der Waals surface area (Å²) in [4.78, 5) is 2.33. The van der Waals surface area contributed by atoms with Crippen LogP contribution in [0.5, 0.6) is 0 Å². The normalized spacial score (nSPS) is 15.5. The number of nitrogens with two attached hydrogens (primary N) is 1. The molecule has 4 nitrogen and oxygen atoms in total. The number of hydrogen-bond donors (Lipinski definition) is 1. The van der Waals surface area contributed by atoms with E-state index in [9.17, 15) is 0 Å². The Labute approximate surface area is 105 Å². The number of aryl methyl sites for hydroxylation is 1. The van der Waals surface area contributed by atoms with Crippen LogP contribution in [-0.4, -0.2) is 34.3 Å². The maximum atomic E-state index is 6.06. The molecular formula is C13H26N4. The highest BCUT2D eigenvalue weighted by Crippen LogP contribution is 2.18. The highest BCUT2D eigenvalue weighted by atomic mass is 15.2.